The summed E-state index contributed by atoms with van der Waals surface area (Å²) in [5.74, 6) is -1.55. The van der Waals surface area contributed by atoms with Crippen LogP contribution in [0, 0.1) is 0 Å². The molecule has 0 amide bonds. The average molecular weight is 347 g/mol. The SMILES string of the molecule is CCOC(=O)C(F)[C@@H](N)c1cc(C(F)(F)F)ccc1C(F)(F)F. The van der Waals surface area contributed by atoms with Crippen molar-refractivity contribution in [2.45, 2.75) is 31.5 Å². The number of ether oxygens (including phenoxy) is 1. The first-order chi connectivity index (χ1) is 10.4. The van der Waals surface area contributed by atoms with E-state index in [1.165, 1.54) is 6.92 Å². The number of carbonyl (C=O) groups excluding carboxylic acids is 1. The summed E-state index contributed by atoms with van der Waals surface area (Å²) in [5, 5.41) is 0. The van der Waals surface area contributed by atoms with Crippen LogP contribution in [0.4, 0.5) is 30.7 Å². The molecule has 10 heteroatoms. The van der Waals surface area contributed by atoms with Gasteiger partial charge in [-0.05, 0) is 30.7 Å². The highest BCUT2D eigenvalue weighted by Crippen LogP contribution is 2.39. The van der Waals surface area contributed by atoms with Gasteiger partial charge in [0, 0.05) is 0 Å². The zero-order valence-corrected chi connectivity index (χ0v) is 11.6. The van der Waals surface area contributed by atoms with Crippen molar-refractivity contribution in [2.24, 2.45) is 5.73 Å². The molecule has 1 aromatic rings. The number of rotatable bonds is 4. The molecule has 0 fully saturated rings. The summed E-state index contributed by atoms with van der Waals surface area (Å²) in [6.45, 7) is 1.06. The lowest BCUT2D eigenvalue weighted by Gasteiger charge is -2.22. The molecule has 0 aliphatic carbocycles. The molecule has 2 atom stereocenters. The highest BCUT2D eigenvalue weighted by atomic mass is 19.4. The van der Waals surface area contributed by atoms with Gasteiger partial charge in [-0.25, -0.2) is 9.18 Å². The molecule has 1 unspecified atom stereocenters. The first-order valence-electron chi connectivity index (χ1n) is 6.24. The second-order valence-corrected chi connectivity index (χ2v) is 4.48. The molecular formula is C13H12F7NO2. The molecule has 1 aromatic carbocycles. The van der Waals surface area contributed by atoms with E-state index in [1.807, 2.05) is 0 Å². The predicted octanol–water partition coefficient (Wildman–Crippen LogP) is 3.63. The van der Waals surface area contributed by atoms with Crippen LogP contribution in [-0.4, -0.2) is 18.7 Å². The third-order valence-corrected chi connectivity index (χ3v) is 2.87. The molecule has 23 heavy (non-hydrogen) atoms. The maximum absolute atomic E-state index is 13.8. The number of carbonyl (C=O) groups is 1. The Balaban J connectivity index is 3.37. The van der Waals surface area contributed by atoms with Crippen LogP contribution in [-0.2, 0) is 21.9 Å². The molecular weight excluding hydrogens is 335 g/mol. The molecule has 0 bridgehead atoms. The van der Waals surface area contributed by atoms with Gasteiger partial charge in [0.1, 0.15) is 0 Å². The number of hydrogen-bond acceptors (Lipinski definition) is 3. The second kappa shape index (κ2) is 6.73. The summed E-state index contributed by atoms with van der Waals surface area (Å²) in [6.07, 6.45) is -12.8. The van der Waals surface area contributed by atoms with Gasteiger partial charge in [0.25, 0.3) is 0 Å². The van der Waals surface area contributed by atoms with Crippen LogP contribution in [0.15, 0.2) is 18.2 Å². The molecule has 130 valence electrons. The Bertz CT molecular complexity index is 568. The van der Waals surface area contributed by atoms with E-state index in [2.05, 4.69) is 4.74 Å². The first-order valence-corrected chi connectivity index (χ1v) is 6.24. The normalized spacial score (nSPS) is 15.2. The predicted molar refractivity (Wildman–Crippen MR) is 64.9 cm³/mol. The van der Waals surface area contributed by atoms with Crippen molar-refractivity contribution in [1.29, 1.82) is 0 Å². The summed E-state index contributed by atoms with van der Waals surface area (Å²) in [5.41, 5.74) is 1.07. The summed E-state index contributed by atoms with van der Waals surface area (Å²) in [6, 6.07) is -1.82. The number of halogens is 7. The Morgan fingerprint density at radius 1 is 1.17 bits per heavy atom. The fourth-order valence-corrected chi connectivity index (χ4v) is 1.80. The Morgan fingerprint density at radius 3 is 2.17 bits per heavy atom. The lowest BCUT2D eigenvalue weighted by molar-refractivity contribution is -0.150. The van der Waals surface area contributed by atoms with E-state index in [-0.39, 0.29) is 24.8 Å². The number of nitrogens with two attached hydrogens (primary N) is 1. The van der Waals surface area contributed by atoms with Gasteiger partial charge >= 0.3 is 18.3 Å². The first kappa shape index (κ1) is 19.2. The highest BCUT2D eigenvalue weighted by Gasteiger charge is 2.40. The smallest absolute Gasteiger partial charge is 0.416 e. The number of alkyl halides is 7. The largest absolute Gasteiger partial charge is 0.464 e. The lowest BCUT2D eigenvalue weighted by Crippen LogP contribution is -2.33. The molecule has 0 aromatic heterocycles. The summed E-state index contributed by atoms with van der Waals surface area (Å²) < 4.78 is 94.6. The van der Waals surface area contributed by atoms with Crippen molar-refractivity contribution in [2.75, 3.05) is 6.61 Å². The average Bonchev–Trinajstić information content (AvgIpc) is 2.43. The van der Waals surface area contributed by atoms with Crippen LogP contribution in [0.3, 0.4) is 0 Å². The maximum Gasteiger partial charge on any atom is 0.416 e. The minimum atomic E-state index is -5.06. The van der Waals surface area contributed by atoms with Crippen LogP contribution >= 0.6 is 0 Å². The van der Waals surface area contributed by atoms with Crippen LogP contribution in [0.1, 0.15) is 29.7 Å². The Morgan fingerprint density at radius 2 is 1.74 bits per heavy atom. The standard InChI is InChI=1S/C13H12F7NO2/c1-2-23-11(22)9(14)10(21)7-5-6(12(15,16)17)3-4-8(7)13(18,19)20/h3-5,9-10H,2,21H2,1H3/t9?,10-/m0/s1. The quantitative estimate of drug-likeness (QED) is 0.669. The zero-order valence-electron chi connectivity index (χ0n) is 11.6. The fourth-order valence-electron chi connectivity index (χ4n) is 1.80. The summed E-state index contributed by atoms with van der Waals surface area (Å²) in [4.78, 5) is 11.2. The van der Waals surface area contributed by atoms with Gasteiger partial charge in [0.05, 0.1) is 23.8 Å². The van der Waals surface area contributed by atoms with E-state index >= 15 is 0 Å². The van der Waals surface area contributed by atoms with E-state index in [0.717, 1.165) is 0 Å². The summed E-state index contributed by atoms with van der Waals surface area (Å²) in [7, 11) is 0. The van der Waals surface area contributed by atoms with Gasteiger partial charge in [0.15, 0.2) is 0 Å². The van der Waals surface area contributed by atoms with Crippen molar-refractivity contribution in [3.05, 3.63) is 34.9 Å². The molecule has 0 saturated heterocycles. The number of esters is 1. The van der Waals surface area contributed by atoms with Crippen LogP contribution in [0.25, 0.3) is 0 Å². The highest BCUT2D eigenvalue weighted by molar-refractivity contribution is 5.76. The lowest BCUT2D eigenvalue weighted by atomic mass is 9.94. The zero-order chi connectivity index (χ0) is 18.0. The molecule has 1 rings (SSSR count). The number of hydrogen-bond donors (Lipinski definition) is 1. The van der Waals surface area contributed by atoms with E-state index in [4.69, 9.17) is 5.73 Å². The Labute approximate surface area is 126 Å². The minimum Gasteiger partial charge on any atom is -0.464 e. The molecule has 0 aliphatic rings. The Kier molecular flexibility index (Phi) is 5.62. The molecule has 0 heterocycles. The van der Waals surface area contributed by atoms with E-state index < -0.39 is 47.2 Å². The molecule has 0 saturated carbocycles. The van der Waals surface area contributed by atoms with Gasteiger partial charge in [-0.3, -0.25) is 0 Å². The minimum absolute atomic E-state index is 0.0826. The molecule has 2 N–H and O–H groups in total. The fraction of sp³-hybridized carbons (Fsp3) is 0.462. The van der Waals surface area contributed by atoms with Gasteiger partial charge in [-0.2, -0.15) is 26.3 Å². The third kappa shape index (κ3) is 4.57. The van der Waals surface area contributed by atoms with Crippen LogP contribution in [0.5, 0.6) is 0 Å². The molecule has 3 nitrogen and oxygen atoms in total. The van der Waals surface area contributed by atoms with Gasteiger partial charge < -0.3 is 10.5 Å². The van der Waals surface area contributed by atoms with Gasteiger partial charge in [0.2, 0.25) is 6.17 Å². The maximum atomic E-state index is 13.8. The molecule has 0 aliphatic heterocycles. The van der Waals surface area contributed by atoms with Crippen molar-refractivity contribution < 1.29 is 40.3 Å². The van der Waals surface area contributed by atoms with Crippen molar-refractivity contribution >= 4 is 5.97 Å². The van der Waals surface area contributed by atoms with E-state index in [1.54, 1.807) is 0 Å². The van der Waals surface area contributed by atoms with Crippen LogP contribution in [0.2, 0.25) is 0 Å². The number of benzene rings is 1. The second-order valence-electron chi connectivity index (χ2n) is 4.48. The topological polar surface area (TPSA) is 52.3 Å². The van der Waals surface area contributed by atoms with Crippen LogP contribution < -0.4 is 5.73 Å². The van der Waals surface area contributed by atoms with Crippen molar-refractivity contribution in [3.63, 3.8) is 0 Å². The van der Waals surface area contributed by atoms with Crippen molar-refractivity contribution in [1.82, 2.24) is 0 Å². The van der Waals surface area contributed by atoms with Gasteiger partial charge in [-0.1, -0.05) is 0 Å². The van der Waals surface area contributed by atoms with Gasteiger partial charge in [-0.15, -0.1) is 0 Å². The Hall–Kier alpha value is -1.84. The van der Waals surface area contributed by atoms with E-state index in [0.29, 0.717) is 0 Å². The third-order valence-electron chi connectivity index (χ3n) is 2.87. The van der Waals surface area contributed by atoms with Crippen molar-refractivity contribution in [3.8, 4) is 0 Å². The molecule has 0 radical (unpaired) electrons. The molecule has 0 spiro atoms. The monoisotopic (exact) mass is 347 g/mol. The van der Waals surface area contributed by atoms with E-state index in [9.17, 15) is 35.5 Å². The summed E-state index contributed by atoms with van der Waals surface area (Å²) >= 11 is 0.